The van der Waals surface area contributed by atoms with Gasteiger partial charge in [0.1, 0.15) is 0 Å². The van der Waals surface area contributed by atoms with E-state index >= 15 is 0 Å². The van der Waals surface area contributed by atoms with E-state index in [0.29, 0.717) is 0 Å². The van der Waals surface area contributed by atoms with Crippen LogP contribution >= 0.6 is 15.9 Å². The number of aromatic nitrogens is 1. The van der Waals surface area contributed by atoms with Crippen LogP contribution < -0.4 is 0 Å². The van der Waals surface area contributed by atoms with Gasteiger partial charge in [-0.3, -0.25) is 4.98 Å². The Morgan fingerprint density at radius 3 is 1.90 bits per heavy atom. The zero-order chi connectivity index (χ0) is 7.66. The highest BCUT2D eigenvalue weighted by molar-refractivity contribution is 9.09. The number of allylic oxidation sites excluding steroid dienone is 1. The minimum absolute atomic E-state index is 0.896. The summed E-state index contributed by atoms with van der Waals surface area (Å²) in [5.74, 6) is 0. The zero-order valence-corrected chi connectivity index (χ0v) is 7.29. The fourth-order valence-electron chi connectivity index (χ4n) is 0.313. The lowest BCUT2D eigenvalue weighted by molar-refractivity contribution is 1.33. The number of pyridine rings is 1. The lowest BCUT2D eigenvalue weighted by Gasteiger charge is -1.70. The molecule has 54 valence electrons. The molecule has 0 aromatic carbocycles. The Bertz CT molecular complexity index is 124. The van der Waals surface area contributed by atoms with E-state index in [9.17, 15) is 0 Å². The van der Waals surface area contributed by atoms with Crippen molar-refractivity contribution in [2.75, 3.05) is 5.33 Å². The van der Waals surface area contributed by atoms with E-state index in [1.165, 1.54) is 0 Å². The van der Waals surface area contributed by atoms with Gasteiger partial charge >= 0.3 is 0 Å². The summed E-state index contributed by atoms with van der Waals surface area (Å²) in [5, 5.41) is 0.896. The van der Waals surface area contributed by atoms with Gasteiger partial charge < -0.3 is 0 Å². The van der Waals surface area contributed by atoms with Gasteiger partial charge in [-0.15, -0.1) is 6.58 Å². The maximum atomic E-state index is 3.78. The number of halogens is 1. The fourth-order valence-corrected chi connectivity index (χ4v) is 0.313. The van der Waals surface area contributed by atoms with Gasteiger partial charge in [-0.1, -0.05) is 28.1 Å². The molecule has 0 fully saturated rings. The van der Waals surface area contributed by atoms with Crippen molar-refractivity contribution in [3.8, 4) is 0 Å². The number of alkyl halides is 1. The zero-order valence-electron chi connectivity index (χ0n) is 5.70. The van der Waals surface area contributed by atoms with Gasteiger partial charge in [-0.05, 0) is 12.1 Å². The fraction of sp³-hybridized carbons (Fsp3) is 0.125. The first-order chi connectivity index (χ1) is 4.91. The Hall–Kier alpha value is -0.630. The Kier molecular flexibility index (Phi) is 7.84. The van der Waals surface area contributed by atoms with Crippen LogP contribution in [-0.4, -0.2) is 10.3 Å². The van der Waals surface area contributed by atoms with Crippen LogP contribution in [0, 0.1) is 0 Å². The predicted molar refractivity (Wildman–Crippen MR) is 48.2 cm³/mol. The SMILES string of the molecule is C=CCBr.c1ccncc1. The molecule has 1 aromatic heterocycles. The average molecular weight is 200 g/mol. The van der Waals surface area contributed by atoms with Gasteiger partial charge in [0.2, 0.25) is 0 Å². The highest BCUT2D eigenvalue weighted by Crippen LogP contribution is 1.74. The number of rotatable bonds is 1. The van der Waals surface area contributed by atoms with Crippen LogP contribution in [0.4, 0.5) is 0 Å². The Labute approximate surface area is 69.9 Å². The summed E-state index contributed by atoms with van der Waals surface area (Å²) in [6, 6.07) is 5.72. The third kappa shape index (κ3) is 7.37. The van der Waals surface area contributed by atoms with Crippen LogP contribution in [0.15, 0.2) is 43.2 Å². The van der Waals surface area contributed by atoms with Crippen LogP contribution in [0.5, 0.6) is 0 Å². The Balaban J connectivity index is 0.000000180. The van der Waals surface area contributed by atoms with Gasteiger partial charge in [0.15, 0.2) is 0 Å². The smallest absolute Gasteiger partial charge is 0.0267 e. The third-order valence-corrected chi connectivity index (χ3v) is 1.13. The maximum absolute atomic E-state index is 3.78. The molecule has 1 rings (SSSR count). The van der Waals surface area contributed by atoms with Gasteiger partial charge in [-0.25, -0.2) is 0 Å². The molecule has 10 heavy (non-hydrogen) atoms. The second-order valence-electron chi connectivity index (χ2n) is 1.47. The van der Waals surface area contributed by atoms with Gasteiger partial charge in [-0.2, -0.15) is 0 Å². The summed E-state index contributed by atoms with van der Waals surface area (Å²) in [7, 11) is 0. The first-order valence-electron chi connectivity index (χ1n) is 2.93. The molecule has 0 bridgehead atoms. The van der Waals surface area contributed by atoms with E-state index < -0.39 is 0 Å². The largest absolute Gasteiger partial charge is 0.265 e. The standard InChI is InChI=1S/C5H5N.C3H5Br/c1-2-4-6-5-3-1;1-2-3-4/h1-5H;2H,1,3H2. The Morgan fingerprint density at radius 2 is 1.80 bits per heavy atom. The van der Waals surface area contributed by atoms with Crippen molar-refractivity contribution in [2.24, 2.45) is 0 Å². The topological polar surface area (TPSA) is 12.9 Å². The normalized spacial score (nSPS) is 7.30. The van der Waals surface area contributed by atoms with Crippen molar-refractivity contribution < 1.29 is 0 Å². The molecule has 1 nitrogen and oxygen atoms in total. The van der Waals surface area contributed by atoms with Crippen LogP contribution in [0.1, 0.15) is 0 Å². The molecular weight excluding hydrogens is 190 g/mol. The van der Waals surface area contributed by atoms with E-state index in [4.69, 9.17) is 0 Å². The molecule has 0 N–H and O–H groups in total. The first kappa shape index (κ1) is 9.37. The van der Waals surface area contributed by atoms with Crippen molar-refractivity contribution in [3.05, 3.63) is 43.2 Å². The van der Waals surface area contributed by atoms with Crippen LogP contribution in [-0.2, 0) is 0 Å². The predicted octanol–water partition coefficient (Wildman–Crippen LogP) is 2.65. The summed E-state index contributed by atoms with van der Waals surface area (Å²) in [6.07, 6.45) is 5.29. The number of nitrogens with zero attached hydrogens (tertiary/aromatic N) is 1. The van der Waals surface area contributed by atoms with Crippen molar-refractivity contribution in [1.82, 2.24) is 4.98 Å². The molecule has 0 radical (unpaired) electrons. The van der Waals surface area contributed by atoms with Crippen LogP contribution in [0.2, 0.25) is 0 Å². The second-order valence-corrected chi connectivity index (χ2v) is 2.12. The lowest BCUT2D eigenvalue weighted by atomic mass is 10.5. The molecule has 0 aliphatic heterocycles. The molecule has 0 unspecified atom stereocenters. The molecule has 0 amide bonds. The average Bonchev–Trinajstić information content (AvgIpc) is 2.08. The minimum atomic E-state index is 0.896. The lowest BCUT2D eigenvalue weighted by Crippen LogP contribution is -1.58. The molecule has 0 saturated carbocycles. The summed E-state index contributed by atoms with van der Waals surface area (Å²) < 4.78 is 0. The molecule has 2 heteroatoms. The van der Waals surface area contributed by atoms with Crippen molar-refractivity contribution in [1.29, 1.82) is 0 Å². The van der Waals surface area contributed by atoms with Crippen LogP contribution in [0.25, 0.3) is 0 Å². The summed E-state index contributed by atoms with van der Waals surface area (Å²) in [4.78, 5) is 3.78. The van der Waals surface area contributed by atoms with Crippen molar-refractivity contribution in [3.63, 3.8) is 0 Å². The molecule has 0 saturated heterocycles. The van der Waals surface area contributed by atoms with E-state index in [1.54, 1.807) is 18.5 Å². The summed E-state index contributed by atoms with van der Waals surface area (Å²) in [5.41, 5.74) is 0. The summed E-state index contributed by atoms with van der Waals surface area (Å²) >= 11 is 3.13. The summed E-state index contributed by atoms with van der Waals surface area (Å²) in [6.45, 7) is 3.43. The molecule has 0 spiro atoms. The molecule has 1 heterocycles. The highest BCUT2D eigenvalue weighted by Gasteiger charge is 1.58. The molecule has 0 aliphatic rings. The second kappa shape index (κ2) is 8.37. The van der Waals surface area contributed by atoms with E-state index in [0.717, 1.165) is 5.33 Å². The van der Waals surface area contributed by atoms with Crippen molar-refractivity contribution >= 4 is 15.9 Å². The third-order valence-electron chi connectivity index (χ3n) is 0.676. The number of hydrogen-bond acceptors (Lipinski definition) is 1. The van der Waals surface area contributed by atoms with E-state index in [2.05, 4.69) is 27.5 Å². The maximum Gasteiger partial charge on any atom is 0.0267 e. The van der Waals surface area contributed by atoms with Crippen molar-refractivity contribution in [2.45, 2.75) is 0 Å². The van der Waals surface area contributed by atoms with Crippen LogP contribution in [0.3, 0.4) is 0 Å². The van der Waals surface area contributed by atoms with Gasteiger partial charge in [0, 0.05) is 17.7 Å². The minimum Gasteiger partial charge on any atom is -0.265 e. The molecule has 0 aliphatic carbocycles. The van der Waals surface area contributed by atoms with E-state index in [-0.39, 0.29) is 0 Å². The highest BCUT2D eigenvalue weighted by atomic mass is 79.9. The molecule has 0 atom stereocenters. The van der Waals surface area contributed by atoms with Gasteiger partial charge in [0.25, 0.3) is 0 Å². The first-order valence-corrected chi connectivity index (χ1v) is 4.05. The van der Waals surface area contributed by atoms with E-state index in [1.807, 2.05) is 18.2 Å². The molecule has 1 aromatic rings. The Morgan fingerprint density at radius 1 is 1.30 bits per heavy atom. The number of hydrogen-bond donors (Lipinski definition) is 0. The molecular formula is C8H10BrN. The monoisotopic (exact) mass is 199 g/mol. The quantitative estimate of drug-likeness (QED) is 0.501. The van der Waals surface area contributed by atoms with Gasteiger partial charge in [0.05, 0.1) is 0 Å².